The fourth-order valence-corrected chi connectivity index (χ4v) is 5.50. The molecule has 2 aromatic carbocycles. The molecule has 2 aromatic rings. The molecule has 0 radical (unpaired) electrons. The maximum atomic E-state index is 13.3. The predicted molar refractivity (Wildman–Crippen MR) is 115 cm³/mol. The van der Waals surface area contributed by atoms with E-state index in [0.717, 1.165) is 12.1 Å². The fraction of sp³-hybridized carbons (Fsp3) is 0.350. The number of nitrogens with zero attached hydrogens (tertiary/aromatic N) is 1. The molecular weight excluding hydrogens is 492 g/mol. The second kappa shape index (κ2) is 9.46. The Hall–Kier alpha value is -2.01. The first-order chi connectivity index (χ1) is 14.9. The lowest BCUT2D eigenvalue weighted by molar-refractivity contribution is -0.137. The Morgan fingerprint density at radius 1 is 1.09 bits per heavy atom. The van der Waals surface area contributed by atoms with Crippen LogP contribution in [0.2, 0.25) is 10.0 Å². The summed E-state index contributed by atoms with van der Waals surface area (Å²) in [6.45, 7) is 0.0334. The second-order valence-electron chi connectivity index (χ2n) is 7.15. The number of hydrogen-bond acceptors (Lipinski definition) is 4. The highest BCUT2D eigenvalue weighted by molar-refractivity contribution is 7.89. The number of rotatable bonds is 5. The molecule has 1 N–H and O–H groups in total. The van der Waals surface area contributed by atoms with Crippen LogP contribution in [0, 0.1) is 5.92 Å². The van der Waals surface area contributed by atoms with Gasteiger partial charge in [0, 0.05) is 29.1 Å². The standard InChI is InChI=1S/C20H19Cl2F3N2O4S/c1-31-17-5-3-14(22)11-18(17)32(29,30)27-8-6-12(7-9-27)19(28)26-16-4-2-13(21)10-15(16)20(23,24)25/h2-5,10-12H,6-9H2,1H3,(H,26,28). The van der Waals surface area contributed by atoms with Gasteiger partial charge in [0.05, 0.1) is 18.4 Å². The topological polar surface area (TPSA) is 75.7 Å². The Labute approximate surface area is 193 Å². The number of carbonyl (C=O) groups is 1. The minimum Gasteiger partial charge on any atom is -0.495 e. The first-order valence-corrected chi connectivity index (χ1v) is 11.6. The van der Waals surface area contributed by atoms with Crippen LogP contribution in [0.1, 0.15) is 18.4 Å². The number of ether oxygens (including phenoxy) is 1. The highest BCUT2D eigenvalue weighted by Crippen LogP contribution is 2.37. The van der Waals surface area contributed by atoms with Crippen molar-refractivity contribution < 1.29 is 31.1 Å². The molecule has 0 atom stereocenters. The van der Waals surface area contributed by atoms with Crippen molar-refractivity contribution in [3.05, 3.63) is 52.0 Å². The second-order valence-corrected chi connectivity index (χ2v) is 9.93. The van der Waals surface area contributed by atoms with E-state index < -0.39 is 39.3 Å². The van der Waals surface area contributed by atoms with Gasteiger partial charge >= 0.3 is 6.18 Å². The van der Waals surface area contributed by atoms with Gasteiger partial charge in [0.15, 0.2) is 0 Å². The van der Waals surface area contributed by atoms with E-state index in [0.29, 0.717) is 0 Å². The van der Waals surface area contributed by atoms with Crippen molar-refractivity contribution in [2.24, 2.45) is 5.92 Å². The predicted octanol–water partition coefficient (Wildman–Crippen LogP) is 5.06. The molecule has 12 heteroatoms. The van der Waals surface area contributed by atoms with Gasteiger partial charge in [-0.3, -0.25) is 4.79 Å². The van der Waals surface area contributed by atoms with Gasteiger partial charge in [-0.05, 0) is 49.2 Å². The molecule has 0 spiro atoms. The number of benzene rings is 2. The first kappa shape index (κ1) is 24.6. The van der Waals surface area contributed by atoms with Gasteiger partial charge in [-0.2, -0.15) is 17.5 Å². The summed E-state index contributed by atoms with van der Waals surface area (Å²) < 4.78 is 72.1. The van der Waals surface area contributed by atoms with Gasteiger partial charge in [0.1, 0.15) is 10.6 Å². The summed E-state index contributed by atoms with van der Waals surface area (Å²) in [5.74, 6) is -1.13. The Morgan fingerprint density at radius 3 is 2.28 bits per heavy atom. The highest BCUT2D eigenvalue weighted by Gasteiger charge is 2.36. The summed E-state index contributed by atoms with van der Waals surface area (Å²) in [4.78, 5) is 12.5. The Morgan fingerprint density at radius 2 is 1.69 bits per heavy atom. The number of sulfonamides is 1. The summed E-state index contributed by atoms with van der Waals surface area (Å²) in [5, 5.41) is 2.42. The number of piperidine rings is 1. The van der Waals surface area contributed by atoms with Crippen molar-refractivity contribution in [1.29, 1.82) is 0 Å². The van der Waals surface area contributed by atoms with E-state index in [1.54, 1.807) is 0 Å². The van der Waals surface area contributed by atoms with Crippen LogP contribution < -0.4 is 10.1 Å². The summed E-state index contributed by atoms with van der Waals surface area (Å²) in [6, 6.07) is 7.31. The zero-order valence-corrected chi connectivity index (χ0v) is 19.1. The van der Waals surface area contributed by atoms with Crippen LogP contribution in [0.15, 0.2) is 41.3 Å². The molecule has 1 aliphatic heterocycles. The maximum absolute atomic E-state index is 13.3. The number of amides is 1. The molecule has 0 aromatic heterocycles. The largest absolute Gasteiger partial charge is 0.495 e. The molecule has 1 heterocycles. The molecule has 1 fully saturated rings. The molecule has 32 heavy (non-hydrogen) atoms. The average Bonchev–Trinajstić information content (AvgIpc) is 2.74. The normalized spacial score (nSPS) is 16.1. The van der Waals surface area contributed by atoms with E-state index in [1.165, 1.54) is 35.7 Å². The van der Waals surface area contributed by atoms with Gasteiger partial charge in [0.25, 0.3) is 0 Å². The minimum absolute atomic E-state index is 0.0167. The summed E-state index contributed by atoms with van der Waals surface area (Å²) in [7, 11) is -2.60. The van der Waals surface area contributed by atoms with Crippen LogP contribution >= 0.6 is 23.2 Å². The van der Waals surface area contributed by atoms with E-state index in [4.69, 9.17) is 27.9 Å². The van der Waals surface area contributed by atoms with Gasteiger partial charge < -0.3 is 10.1 Å². The molecule has 1 aliphatic rings. The van der Waals surface area contributed by atoms with Gasteiger partial charge in [-0.1, -0.05) is 23.2 Å². The molecule has 1 saturated heterocycles. The van der Waals surface area contributed by atoms with Gasteiger partial charge in [-0.25, -0.2) is 8.42 Å². The lowest BCUT2D eigenvalue weighted by atomic mass is 9.97. The zero-order chi connectivity index (χ0) is 23.7. The number of halogens is 5. The molecule has 0 bridgehead atoms. The highest BCUT2D eigenvalue weighted by atomic mass is 35.5. The van der Waals surface area contributed by atoms with Crippen molar-refractivity contribution in [2.75, 3.05) is 25.5 Å². The van der Waals surface area contributed by atoms with Gasteiger partial charge in [-0.15, -0.1) is 0 Å². The van der Waals surface area contributed by atoms with Crippen molar-refractivity contribution in [3.63, 3.8) is 0 Å². The number of hydrogen-bond donors (Lipinski definition) is 1. The third kappa shape index (κ3) is 5.31. The smallest absolute Gasteiger partial charge is 0.418 e. The molecule has 3 rings (SSSR count). The van der Waals surface area contributed by atoms with Crippen LogP contribution in [0.25, 0.3) is 0 Å². The molecule has 174 valence electrons. The van der Waals surface area contributed by atoms with E-state index in [1.807, 2.05) is 0 Å². The summed E-state index contributed by atoms with van der Waals surface area (Å²) in [6.07, 6.45) is -4.41. The van der Waals surface area contributed by atoms with Crippen molar-refractivity contribution in [2.45, 2.75) is 23.9 Å². The minimum atomic E-state index is -4.69. The number of carbonyl (C=O) groups excluding carboxylic acids is 1. The molecule has 0 unspecified atom stereocenters. The first-order valence-electron chi connectivity index (χ1n) is 9.45. The van der Waals surface area contributed by atoms with Crippen molar-refractivity contribution in [3.8, 4) is 5.75 Å². The molecule has 6 nitrogen and oxygen atoms in total. The van der Waals surface area contributed by atoms with Crippen LogP contribution in [0.3, 0.4) is 0 Å². The summed E-state index contributed by atoms with van der Waals surface area (Å²) in [5.41, 5.74) is -1.45. The Kier molecular flexibility index (Phi) is 7.28. The van der Waals surface area contributed by atoms with E-state index in [-0.39, 0.29) is 46.6 Å². The number of alkyl halides is 3. The monoisotopic (exact) mass is 510 g/mol. The van der Waals surface area contributed by atoms with Crippen LogP contribution in [0.5, 0.6) is 5.75 Å². The van der Waals surface area contributed by atoms with Crippen LogP contribution in [-0.4, -0.2) is 38.8 Å². The quantitative estimate of drug-likeness (QED) is 0.609. The van der Waals surface area contributed by atoms with Crippen LogP contribution in [-0.2, 0) is 21.0 Å². The third-order valence-corrected chi connectivity index (χ3v) is 7.50. The Balaban J connectivity index is 1.72. The average molecular weight is 511 g/mol. The summed E-state index contributed by atoms with van der Waals surface area (Å²) >= 11 is 11.6. The zero-order valence-electron chi connectivity index (χ0n) is 16.7. The molecule has 0 saturated carbocycles. The number of nitrogens with one attached hydrogen (secondary N) is 1. The lowest BCUT2D eigenvalue weighted by Gasteiger charge is -2.31. The fourth-order valence-electron chi connectivity index (χ4n) is 3.44. The van der Waals surface area contributed by atoms with E-state index in [9.17, 15) is 26.4 Å². The van der Waals surface area contributed by atoms with E-state index >= 15 is 0 Å². The van der Waals surface area contributed by atoms with E-state index in [2.05, 4.69) is 5.32 Å². The SMILES string of the molecule is COc1ccc(Cl)cc1S(=O)(=O)N1CCC(C(=O)Nc2ccc(Cl)cc2C(F)(F)F)CC1. The number of methoxy groups -OCH3 is 1. The maximum Gasteiger partial charge on any atom is 0.418 e. The lowest BCUT2D eigenvalue weighted by Crippen LogP contribution is -2.41. The van der Waals surface area contributed by atoms with Crippen molar-refractivity contribution >= 4 is 44.8 Å². The third-order valence-electron chi connectivity index (χ3n) is 5.11. The molecule has 1 amide bonds. The molecule has 0 aliphatic carbocycles. The Bertz CT molecular complexity index is 1120. The van der Waals surface area contributed by atoms with Crippen molar-refractivity contribution in [1.82, 2.24) is 4.31 Å². The number of anilines is 1. The van der Waals surface area contributed by atoms with Gasteiger partial charge in [0.2, 0.25) is 15.9 Å². The molecular formula is C20H19Cl2F3N2O4S. The van der Waals surface area contributed by atoms with Crippen LogP contribution in [0.4, 0.5) is 18.9 Å².